The van der Waals surface area contributed by atoms with E-state index in [1.165, 1.54) is 18.2 Å². The molecule has 18 heavy (non-hydrogen) atoms. The number of aliphatic carboxylic acids is 1. The number of carbonyl (C=O) groups is 2. The standard InChI is InChI=1S/C13H12N2O3/c1-2-4-11(13(17)18)15-12(16)10-6-3-5-9(7-10)8-14/h2-3,5-7,11H,1,4H2,(H,15,16)(H,17,18). The molecule has 92 valence electrons. The quantitative estimate of drug-likeness (QED) is 0.764. The largest absolute Gasteiger partial charge is 0.480 e. The Kier molecular flexibility index (Phi) is 4.64. The van der Waals surface area contributed by atoms with Gasteiger partial charge in [0.1, 0.15) is 6.04 Å². The highest BCUT2D eigenvalue weighted by Crippen LogP contribution is 2.05. The van der Waals surface area contributed by atoms with Crippen LogP contribution in [0.25, 0.3) is 0 Å². The molecule has 1 atom stereocenters. The third kappa shape index (κ3) is 3.46. The van der Waals surface area contributed by atoms with Gasteiger partial charge in [0.05, 0.1) is 11.6 Å². The van der Waals surface area contributed by atoms with E-state index in [0.717, 1.165) is 0 Å². The third-order valence-electron chi connectivity index (χ3n) is 2.26. The summed E-state index contributed by atoms with van der Waals surface area (Å²) in [5.74, 6) is -1.65. The molecule has 1 unspecified atom stereocenters. The molecule has 0 radical (unpaired) electrons. The van der Waals surface area contributed by atoms with E-state index in [2.05, 4.69) is 11.9 Å². The van der Waals surface area contributed by atoms with Crippen LogP contribution in [-0.2, 0) is 4.79 Å². The van der Waals surface area contributed by atoms with Crippen molar-refractivity contribution in [2.24, 2.45) is 0 Å². The Morgan fingerprint density at radius 3 is 2.83 bits per heavy atom. The van der Waals surface area contributed by atoms with Crippen molar-refractivity contribution in [2.45, 2.75) is 12.5 Å². The number of carbonyl (C=O) groups excluding carboxylic acids is 1. The fourth-order valence-corrected chi connectivity index (χ4v) is 1.36. The minimum Gasteiger partial charge on any atom is -0.480 e. The second kappa shape index (κ2) is 6.21. The zero-order valence-electron chi connectivity index (χ0n) is 9.59. The molecule has 0 aromatic heterocycles. The summed E-state index contributed by atoms with van der Waals surface area (Å²) in [6, 6.07) is 6.95. The minimum atomic E-state index is -1.13. The van der Waals surface area contributed by atoms with Crippen LogP contribution in [-0.4, -0.2) is 23.0 Å². The Morgan fingerprint density at radius 1 is 1.56 bits per heavy atom. The number of nitrogens with one attached hydrogen (secondary N) is 1. The first-order chi connectivity index (χ1) is 8.58. The Bertz CT molecular complexity index is 517. The predicted molar refractivity (Wildman–Crippen MR) is 64.9 cm³/mol. The summed E-state index contributed by atoms with van der Waals surface area (Å²) in [5, 5.41) is 20.0. The average molecular weight is 244 g/mol. The van der Waals surface area contributed by atoms with E-state index >= 15 is 0 Å². The second-order valence-electron chi connectivity index (χ2n) is 3.58. The van der Waals surface area contributed by atoms with E-state index in [4.69, 9.17) is 10.4 Å². The Morgan fingerprint density at radius 2 is 2.28 bits per heavy atom. The smallest absolute Gasteiger partial charge is 0.326 e. The van der Waals surface area contributed by atoms with Gasteiger partial charge >= 0.3 is 5.97 Å². The number of hydrogen-bond donors (Lipinski definition) is 2. The van der Waals surface area contributed by atoms with Gasteiger partial charge in [-0.3, -0.25) is 4.79 Å². The highest BCUT2D eigenvalue weighted by Gasteiger charge is 2.19. The fourth-order valence-electron chi connectivity index (χ4n) is 1.36. The van der Waals surface area contributed by atoms with Crippen molar-refractivity contribution in [3.63, 3.8) is 0 Å². The predicted octanol–water partition coefficient (Wildman–Crippen LogP) is 1.32. The first-order valence-corrected chi connectivity index (χ1v) is 5.23. The van der Waals surface area contributed by atoms with E-state index in [1.807, 2.05) is 6.07 Å². The molecule has 1 aromatic rings. The van der Waals surface area contributed by atoms with E-state index < -0.39 is 17.9 Å². The molecule has 0 heterocycles. The third-order valence-corrected chi connectivity index (χ3v) is 2.26. The number of carboxylic acid groups (broad SMARTS) is 1. The van der Waals surface area contributed by atoms with Crippen molar-refractivity contribution >= 4 is 11.9 Å². The average Bonchev–Trinajstić information content (AvgIpc) is 2.38. The number of nitriles is 1. The Balaban J connectivity index is 2.83. The number of amides is 1. The van der Waals surface area contributed by atoms with Crippen LogP contribution in [0.5, 0.6) is 0 Å². The first kappa shape index (κ1) is 13.5. The van der Waals surface area contributed by atoms with Crippen molar-refractivity contribution in [2.75, 3.05) is 0 Å². The van der Waals surface area contributed by atoms with E-state index in [9.17, 15) is 9.59 Å². The number of nitrogens with zero attached hydrogens (tertiary/aromatic N) is 1. The van der Waals surface area contributed by atoms with Crippen LogP contribution in [0.1, 0.15) is 22.3 Å². The molecule has 0 fully saturated rings. The van der Waals surface area contributed by atoms with Crippen molar-refractivity contribution < 1.29 is 14.7 Å². The maximum absolute atomic E-state index is 11.8. The number of rotatable bonds is 5. The van der Waals surface area contributed by atoms with E-state index in [0.29, 0.717) is 5.56 Å². The molecule has 0 saturated heterocycles. The summed E-state index contributed by atoms with van der Waals surface area (Å²) in [6.07, 6.45) is 1.56. The monoisotopic (exact) mass is 244 g/mol. The molecule has 0 saturated carbocycles. The van der Waals surface area contributed by atoms with Crippen molar-refractivity contribution in [3.8, 4) is 6.07 Å². The van der Waals surface area contributed by atoms with Crippen molar-refractivity contribution in [1.29, 1.82) is 5.26 Å². The molecule has 5 nitrogen and oxygen atoms in total. The van der Waals surface area contributed by atoms with Gasteiger partial charge in [0.25, 0.3) is 5.91 Å². The second-order valence-corrected chi connectivity index (χ2v) is 3.58. The molecule has 5 heteroatoms. The highest BCUT2D eigenvalue weighted by atomic mass is 16.4. The van der Waals surface area contributed by atoms with Crippen molar-refractivity contribution in [1.82, 2.24) is 5.32 Å². The Labute approximate surface area is 104 Å². The van der Waals surface area contributed by atoms with Gasteiger partial charge in [0.15, 0.2) is 0 Å². The molecule has 0 aliphatic carbocycles. The molecular weight excluding hydrogens is 232 g/mol. The van der Waals surface area contributed by atoms with Gasteiger partial charge in [-0.2, -0.15) is 5.26 Å². The first-order valence-electron chi connectivity index (χ1n) is 5.23. The summed E-state index contributed by atoms with van der Waals surface area (Å²) in [5.41, 5.74) is 0.600. The van der Waals surface area contributed by atoms with Gasteiger partial charge in [-0.25, -0.2) is 4.79 Å². The van der Waals surface area contributed by atoms with Gasteiger partial charge in [-0.15, -0.1) is 6.58 Å². The molecular formula is C13H12N2O3. The van der Waals surface area contributed by atoms with Gasteiger partial charge in [-0.05, 0) is 24.6 Å². The van der Waals surface area contributed by atoms with Crippen LogP contribution in [0.2, 0.25) is 0 Å². The summed E-state index contributed by atoms with van der Waals surface area (Å²) >= 11 is 0. The molecule has 1 rings (SSSR count). The fraction of sp³-hybridized carbons (Fsp3) is 0.154. The SMILES string of the molecule is C=CCC(NC(=O)c1cccc(C#N)c1)C(=O)O. The topological polar surface area (TPSA) is 90.2 Å². The maximum Gasteiger partial charge on any atom is 0.326 e. The lowest BCUT2D eigenvalue weighted by molar-refractivity contribution is -0.139. The van der Waals surface area contributed by atoms with Crippen LogP contribution >= 0.6 is 0 Å². The molecule has 0 spiro atoms. The van der Waals surface area contributed by atoms with E-state index in [-0.39, 0.29) is 12.0 Å². The van der Waals surface area contributed by atoms with Crippen LogP contribution in [0.4, 0.5) is 0 Å². The molecule has 0 bridgehead atoms. The van der Waals surface area contributed by atoms with Crippen LogP contribution in [0.3, 0.4) is 0 Å². The summed E-state index contributed by atoms with van der Waals surface area (Å²) in [6.45, 7) is 3.43. The lowest BCUT2D eigenvalue weighted by Gasteiger charge is -2.12. The highest BCUT2D eigenvalue weighted by molar-refractivity contribution is 5.96. The van der Waals surface area contributed by atoms with Gasteiger partial charge in [0.2, 0.25) is 0 Å². The van der Waals surface area contributed by atoms with Crippen LogP contribution in [0.15, 0.2) is 36.9 Å². The molecule has 2 N–H and O–H groups in total. The van der Waals surface area contributed by atoms with Gasteiger partial charge in [0, 0.05) is 5.56 Å². The zero-order chi connectivity index (χ0) is 13.5. The van der Waals surface area contributed by atoms with E-state index in [1.54, 1.807) is 12.1 Å². The molecule has 0 aliphatic rings. The summed E-state index contributed by atoms with van der Waals surface area (Å²) in [7, 11) is 0. The van der Waals surface area contributed by atoms with Gasteiger partial charge in [-0.1, -0.05) is 12.1 Å². The van der Waals surface area contributed by atoms with Gasteiger partial charge < -0.3 is 10.4 Å². The minimum absolute atomic E-state index is 0.138. The molecule has 0 aliphatic heterocycles. The van der Waals surface area contributed by atoms with Crippen molar-refractivity contribution in [3.05, 3.63) is 48.0 Å². The lowest BCUT2D eigenvalue weighted by atomic mass is 10.1. The maximum atomic E-state index is 11.8. The summed E-state index contributed by atoms with van der Waals surface area (Å²) < 4.78 is 0. The number of carboxylic acids is 1. The molecule has 1 aromatic carbocycles. The van der Waals surface area contributed by atoms with Crippen LogP contribution < -0.4 is 5.32 Å². The molecule has 1 amide bonds. The van der Waals surface area contributed by atoms with Crippen LogP contribution in [0, 0.1) is 11.3 Å². The normalized spacial score (nSPS) is 11.1. The Hall–Kier alpha value is -2.61. The number of benzene rings is 1. The zero-order valence-corrected chi connectivity index (χ0v) is 9.59. The summed E-state index contributed by atoms with van der Waals surface area (Å²) in [4.78, 5) is 22.6. The number of hydrogen-bond acceptors (Lipinski definition) is 3. The lowest BCUT2D eigenvalue weighted by Crippen LogP contribution is -2.40.